The van der Waals surface area contributed by atoms with E-state index in [0.717, 1.165) is 29.8 Å². The van der Waals surface area contributed by atoms with Gasteiger partial charge < -0.3 is 16.0 Å². The van der Waals surface area contributed by atoms with Crippen LogP contribution < -0.4 is 11.1 Å². The van der Waals surface area contributed by atoms with E-state index in [9.17, 15) is 22.8 Å². The van der Waals surface area contributed by atoms with Crippen molar-refractivity contribution in [3.05, 3.63) is 71.3 Å². The molecule has 1 atom stereocenters. The SMILES string of the molecule is CC.CN(CCNC(=O)c1ccc(C(F)(F)F)cc1)C(=O)C(N)CCc1ccccc1. The number of carbonyl (C=O) groups excluding carboxylic acids is 2. The molecule has 1 unspecified atom stereocenters. The summed E-state index contributed by atoms with van der Waals surface area (Å²) in [6, 6.07) is 13.0. The number of nitrogens with one attached hydrogen (secondary N) is 1. The molecule has 0 bridgehead atoms. The van der Waals surface area contributed by atoms with Crippen molar-refractivity contribution in [1.82, 2.24) is 10.2 Å². The van der Waals surface area contributed by atoms with Gasteiger partial charge in [-0.2, -0.15) is 13.2 Å². The van der Waals surface area contributed by atoms with Crippen LogP contribution in [-0.4, -0.2) is 42.9 Å². The molecule has 2 aromatic rings. The van der Waals surface area contributed by atoms with E-state index in [-0.39, 0.29) is 24.6 Å². The lowest BCUT2D eigenvalue weighted by Crippen LogP contribution is -2.44. The number of carbonyl (C=O) groups is 2. The van der Waals surface area contributed by atoms with Gasteiger partial charge in [0.1, 0.15) is 0 Å². The fraction of sp³-hybridized carbons (Fsp3) is 0.391. The molecule has 3 N–H and O–H groups in total. The van der Waals surface area contributed by atoms with Crippen LogP contribution in [0.4, 0.5) is 13.2 Å². The van der Waals surface area contributed by atoms with Gasteiger partial charge in [0, 0.05) is 25.7 Å². The van der Waals surface area contributed by atoms with Gasteiger partial charge >= 0.3 is 6.18 Å². The van der Waals surface area contributed by atoms with E-state index in [1.54, 1.807) is 7.05 Å². The van der Waals surface area contributed by atoms with Crippen molar-refractivity contribution in [1.29, 1.82) is 0 Å². The number of alkyl halides is 3. The molecule has 8 heteroatoms. The topological polar surface area (TPSA) is 75.4 Å². The van der Waals surface area contributed by atoms with Crippen LogP contribution in [0.15, 0.2) is 54.6 Å². The number of nitrogens with two attached hydrogens (primary N) is 1. The Kier molecular flexibility index (Phi) is 10.8. The number of nitrogens with zero attached hydrogens (tertiary/aromatic N) is 1. The third kappa shape index (κ3) is 8.80. The molecule has 2 amide bonds. The Balaban J connectivity index is 0.00000233. The van der Waals surface area contributed by atoms with E-state index in [0.29, 0.717) is 12.8 Å². The molecule has 0 fully saturated rings. The molecule has 2 rings (SSSR count). The van der Waals surface area contributed by atoms with Crippen LogP contribution in [0, 0.1) is 0 Å². The zero-order chi connectivity index (χ0) is 23.4. The Hall–Kier alpha value is -2.87. The van der Waals surface area contributed by atoms with Crippen molar-refractivity contribution in [2.45, 2.75) is 38.9 Å². The number of hydrogen-bond acceptors (Lipinski definition) is 3. The summed E-state index contributed by atoms with van der Waals surface area (Å²) in [7, 11) is 1.59. The molecule has 0 aliphatic carbocycles. The summed E-state index contributed by atoms with van der Waals surface area (Å²) in [6.45, 7) is 4.40. The Morgan fingerprint density at radius 2 is 1.61 bits per heavy atom. The standard InChI is InChI=1S/C21H24F3N3O2.C2H6/c1-27(20(29)18(25)12-7-15-5-3-2-4-6-15)14-13-26-19(28)16-8-10-17(11-9-16)21(22,23)24;1-2/h2-6,8-11,18H,7,12-14,25H2,1H3,(H,26,28);1-2H3. The van der Waals surface area contributed by atoms with Gasteiger partial charge in [0.25, 0.3) is 5.91 Å². The number of amides is 2. The normalized spacial score (nSPS) is 11.7. The van der Waals surface area contributed by atoms with Crippen LogP contribution in [0.1, 0.15) is 41.8 Å². The molecule has 0 radical (unpaired) electrons. The Bertz CT molecular complexity index is 809. The average Bonchev–Trinajstić information content (AvgIpc) is 2.78. The van der Waals surface area contributed by atoms with Crippen molar-refractivity contribution in [3.8, 4) is 0 Å². The zero-order valence-corrected chi connectivity index (χ0v) is 18.1. The van der Waals surface area contributed by atoms with Crippen molar-refractivity contribution in [3.63, 3.8) is 0 Å². The summed E-state index contributed by atoms with van der Waals surface area (Å²) in [5.41, 5.74) is 6.37. The number of aryl methyl sites for hydroxylation is 1. The first kappa shape index (κ1) is 26.2. The molecule has 0 saturated heterocycles. The second-order valence-corrected chi connectivity index (χ2v) is 6.72. The summed E-state index contributed by atoms with van der Waals surface area (Å²) < 4.78 is 37.7. The molecule has 5 nitrogen and oxygen atoms in total. The summed E-state index contributed by atoms with van der Waals surface area (Å²) in [5, 5.41) is 2.58. The quantitative estimate of drug-likeness (QED) is 0.658. The molecule has 0 spiro atoms. The number of rotatable bonds is 8. The number of benzene rings is 2. The number of hydrogen-bond donors (Lipinski definition) is 2. The van der Waals surface area contributed by atoms with Crippen LogP contribution in [0.3, 0.4) is 0 Å². The molecule has 170 valence electrons. The monoisotopic (exact) mass is 437 g/mol. The second kappa shape index (κ2) is 12.7. The van der Waals surface area contributed by atoms with Crippen molar-refractivity contribution < 1.29 is 22.8 Å². The van der Waals surface area contributed by atoms with E-state index in [2.05, 4.69) is 5.32 Å². The van der Waals surface area contributed by atoms with Gasteiger partial charge in [0.15, 0.2) is 0 Å². The number of likely N-dealkylation sites (N-methyl/N-ethyl adjacent to an activating group) is 1. The minimum atomic E-state index is -4.45. The van der Waals surface area contributed by atoms with Crippen LogP contribution in [0.5, 0.6) is 0 Å². The van der Waals surface area contributed by atoms with Gasteiger partial charge in [-0.25, -0.2) is 0 Å². The van der Waals surface area contributed by atoms with E-state index in [4.69, 9.17) is 5.73 Å². The van der Waals surface area contributed by atoms with Gasteiger partial charge in [0.05, 0.1) is 11.6 Å². The predicted octanol–water partition coefficient (Wildman–Crippen LogP) is 3.88. The van der Waals surface area contributed by atoms with E-state index in [1.807, 2.05) is 44.2 Å². The zero-order valence-electron chi connectivity index (χ0n) is 18.1. The molecular weight excluding hydrogens is 407 g/mol. The van der Waals surface area contributed by atoms with Gasteiger partial charge in [0.2, 0.25) is 5.91 Å². The van der Waals surface area contributed by atoms with Crippen LogP contribution in [-0.2, 0) is 17.4 Å². The smallest absolute Gasteiger partial charge is 0.350 e. The highest BCUT2D eigenvalue weighted by Gasteiger charge is 2.30. The van der Waals surface area contributed by atoms with Crippen LogP contribution >= 0.6 is 0 Å². The molecule has 0 aliphatic heterocycles. The lowest BCUT2D eigenvalue weighted by Gasteiger charge is -2.21. The van der Waals surface area contributed by atoms with Gasteiger partial charge in [-0.3, -0.25) is 9.59 Å². The third-order valence-electron chi connectivity index (χ3n) is 4.49. The lowest BCUT2D eigenvalue weighted by molar-refractivity contribution is -0.137. The maximum Gasteiger partial charge on any atom is 0.416 e. The van der Waals surface area contributed by atoms with E-state index in [1.165, 1.54) is 4.90 Å². The van der Waals surface area contributed by atoms with Crippen molar-refractivity contribution >= 4 is 11.8 Å². The maximum atomic E-state index is 12.6. The van der Waals surface area contributed by atoms with E-state index >= 15 is 0 Å². The first-order valence-electron chi connectivity index (χ1n) is 10.2. The highest BCUT2D eigenvalue weighted by Crippen LogP contribution is 2.29. The molecule has 2 aromatic carbocycles. The molecule has 0 aromatic heterocycles. The molecule has 0 heterocycles. The Labute approximate surface area is 181 Å². The summed E-state index contributed by atoms with van der Waals surface area (Å²) in [5.74, 6) is -0.738. The second-order valence-electron chi connectivity index (χ2n) is 6.72. The summed E-state index contributed by atoms with van der Waals surface area (Å²) >= 11 is 0. The maximum absolute atomic E-state index is 12.6. The predicted molar refractivity (Wildman–Crippen MR) is 116 cm³/mol. The van der Waals surface area contributed by atoms with Gasteiger partial charge in [-0.05, 0) is 42.7 Å². The fourth-order valence-electron chi connectivity index (χ4n) is 2.73. The highest BCUT2D eigenvalue weighted by molar-refractivity contribution is 5.94. The molecular formula is C23H30F3N3O2. The third-order valence-corrected chi connectivity index (χ3v) is 4.49. The number of halogens is 3. The first-order valence-corrected chi connectivity index (χ1v) is 10.2. The van der Waals surface area contributed by atoms with Crippen LogP contribution in [0.25, 0.3) is 0 Å². The highest BCUT2D eigenvalue weighted by atomic mass is 19.4. The van der Waals surface area contributed by atoms with Gasteiger partial charge in [-0.15, -0.1) is 0 Å². The fourth-order valence-corrected chi connectivity index (χ4v) is 2.73. The molecule has 0 saturated carbocycles. The van der Waals surface area contributed by atoms with Crippen molar-refractivity contribution in [2.75, 3.05) is 20.1 Å². The van der Waals surface area contributed by atoms with Crippen molar-refractivity contribution in [2.24, 2.45) is 5.73 Å². The molecule has 0 aliphatic rings. The minimum absolute atomic E-state index is 0.117. The lowest BCUT2D eigenvalue weighted by atomic mass is 10.1. The van der Waals surface area contributed by atoms with Crippen LogP contribution in [0.2, 0.25) is 0 Å². The summed E-state index contributed by atoms with van der Waals surface area (Å²) in [4.78, 5) is 25.8. The summed E-state index contributed by atoms with van der Waals surface area (Å²) in [6.07, 6.45) is -3.26. The first-order chi connectivity index (χ1) is 14.7. The molecule has 31 heavy (non-hydrogen) atoms. The van der Waals surface area contributed by atoms with Gasteiger partial charge in [-0.1, -0.05) is 44.2 Å². The average molecular weight is 438 g/mol. The Morgan fingerprint density at radius 3 is 2.16 bits per heavy atom. The Morgan fingerprint density at radius 1 is 1.03 bits per heavy atom. The van der Waals surface area contributed by atoms with E-state index < -0.39 is 23.7 Å². The largest absolute Gasteiger partial charge is 0.416 e. The minimum Gasteiger partial charge on any atom is -0.350 e.